The molecule has 1 aromatic heterocycles. The van der Waals surface area contributed by atoms with Gasteiger partial charge in [0.2, 0.25) is 0 Å². The Morgan fingerprint density at radius 2 is 2.16 bits per heavy atom. The summed E-state index contributed by atoms with van der Waals surface area (Å²) in [4.78, 5) is 5.33. The molecule has 1 saturated heterocycles. The van der Waals surface area contributed by atoms with E-state index in [1.54, 1.807) is 6.92 Å². The number of β-amino-alcohol motifs (C(OH)–C–C–N with tert-alkyl or cyclic N) is 1. The Morgan fingerprint density at radius 3 is 2.63 bits per heavy atom. The summed E-state index contributed by atoms with van der Waals surface area (Å²) in [6, 6.07) is 1.41. The standard InChI is InChI=1S/C12H16F3N3O/c1-11(19)3-4-18(7-11)8-5-9(16-2)10(17-6-8)12(13,14)15/h5-6,16,19H,3-4,7H2,1-2H3. The predicted molar refractivity (Wildman–Crippen MR) is 66.2 cm³/mol. The third-order valence-corrected chi connectivity index (χ3v) is 3.23. The second-order valence-corrected chi connectivity index (χ2v) is 5.01. The maximum absolute atomic E-state index is 12.7. The van der Waals surface area contributed by atoms with Gasteiger partial charge in [0, 0.05) is 20.1 Å². The van der Waals surface area contributed by atoms with Crippen molar-refractivity contribution in [1.82, 2.24) is 4.98 Å². The minimum atomic E-state index is -4.48. The van der Waals surface area contributed by atoms with Gasteiger partial charge in [-0.1, -0.05) is 0 Å². The van der Waals surface area contributed by atoms with Crippen LogP contribution >= 0.6 is 0 Å². The first-order chi connectivity index (χ1) is 8.73. The maximum Gasteiger partial charge on any atom is 0.435 e. The molecule has 0 bridgehead atoms. The molecule has 2 N–H and O–H groups in total. The van der Waals surface area contributed by atoms with Crippen LogP contribution in [0.5, 0.6) is 0 Å². The van der Waals surface area contributed by atoms with Crippen LogP contribution in [-0.4, -0.2) is 35.8 Å². The highest BCUT2D eigenvalue weighted by Crippen LogP contribution is 2.36. The molecule has 0 saturated carbocycles. The minimum absolute atomic E-state index is 0.0588. The molecule has 106 valence electrons. The molecule has 19 heavy (non-hydrogen) atoms. The van der Waals surface area contributed by atoms with Crippen LogP contribution in [-0.2, 0) is 6.18 Å². The van der Waals surface area contributed by atoms with E-state index in [2.05, 4.69) is 10.3 Å². The first-order valence-corrected chi connectivity index (χ1v) is 5.95. The van der Waals surface area contributed by atoms with Crippen molar-refractivity contribution in [3.05, 3.63) is 18.0 Å². The molecule has 1 aromatic rings. The van der Waals surface area contributed by atoms with Gasteiger partial charge in [-0.25, -0.2) is 4.98 Å². The molecule has 0 aliphatic carbocycles. The fourth-order valence-electron chi connectivity index (χ4n) is 2.21. The Kier molecular flexibility index (Phi) is 3.34. The zero-order valence-corrected chi connectivity index (χ0v) is 10.8. The molecule has 7 heteroatoms. The van der Waals surface area contributed by atoms with Gasteiger partial charge in [0.25, 0.3) is 0 Å². The van der Waals surface area contributed by atoms with Gasteiger partial charge in [-0.3, -0.25) is 0 Å². The third-order valence-electron chi connectivity index (χ3n) is 3.23. The molecule has 1 aliphatic rings. The van der Waals surface area contributed by atoms with Gasteiger partial charge < -0.3 is 15.3 Å². The van der Waals surface area contributed by atoms with E-state index >= 15 is 0 Å². The van der Waals surface area contributed by atoms with Crippen LogP contribution < -0.4 is 10.2 Å². The van der Waals surface area contributed by atoms with Crippen LogP contribution in [0.3, 0.4) is 0 Å². The zero-order chi connectivity index (χ0) is 14.3. The van der Waals surface area contributed by atoms with E-state index in [0.29, 0.717) is 25.2 Å². The number of anilines is 2. The van der Waals surface area contributed by atoms with Gasteiger partial charge in [-0.05, 0) is 19.4 Å². The van der Waals surface area contributed by atoms with E-state index in [0.717, 1.165) is 0 Å². The quantitative estimate of drug-likeness (QED) is 0.868. The van der Waals surface area contributed by atoms with E-state index < -0.39 is 17.5 Å². The number of hydrogen-bond acceptors (Lipinski definition) is 4. The largest absolute Gasteiger partial charge is 0.435 e. The number of pyridine rings is 1. The van der Waals surface area contributed by atoms with Crippen molar-refractivity contribution in [2.24, 2.45) is 0 Å². The fraction of sp³-hybridized carbons (Fsp3) is 0.583. The third kappa shape index (κ3) is 2.91. The smallest absolute Gasteiger partial charge is 0.388 e. The van der Waals surface area contributed by atoms with Crippen LogP contribution in [0.1, 0.15) is 19.0 Å². The monoisotopic (exact) mass is 275 g/mol. The van der Waals surface area contributed by atoms with Gasteiger partial charge in [0.1, 0.15) is 0 Å². The molecule has 1 aliphatic heterocycles. The van der Waals surface area contributed by atoms with Crippen LogP contribution in [0.15, 0.2) is 12.3 Å². The Hall–Kier alpha value is -1.50. The SMILES string of the molecule is CNc1cc(N2CCC(C)(O)C2)cnc1C(F)(F)F. The Balaban J connectivity index is 2.30. The topological polar surface area (TPSA) is 48.4 Å². The Bertz CT molecular complexity index is 474. The van der Waals surface area contributed by atoms with Crippen molar-refractivity contribution in [3.8, 4) is 0 Å². The number of nitrogens with zero attached hydrogens (tertiary/aromatic N) is 2. The van der Waals surface area contributed by atoms with Crippen LogP contribution in [0.4, 0.5) is 24.5 Å². The van der Waals surface area contributed by atoms with Gasteiger partial charge in [0.15, 0.2) is 5.69 Å². The number of hydrogen-bond donors (Lipinski definition) is 2. The fourth-order valence-corrected chi connectivity index (χ4v) is 2.21. The average molecular weight is 275 g/mol. The first-order valence-electron chi connectivity index (χ1n) is 5.95. The molecular formula is C12H16F3N3O. The number of aliphatic hydroxyl groups is 1. The lowest BCUT2D eigenvalue weighted by Gasteiger charge is -2.22. The number of alkyl halides is 3. The molecule has 1 fully saturated rings. The Labute approximate surface area is 109 Å². The highest BCUT2D eigenvalue weighted by atomic mass is 19.4. The predicted octanol–water partition coefficient (Wildman–Crippen LogP) is 2.10. The van der Waals surface area contributed by atoms with E-state index in [4.69, 9.17) is 0 Å². The van der Waals surface area contributed by atoms with Crippen LogP contribution in [0.25, 0.3) is 0 Å². The van der Waals surface area contributed by atoms with E-state index in [9.17, 15) is 18.3 Å². The number of halogens is 3. The highest BCUT2D eigenvalue weighted by Gasteiger charge is 2.37. The lowest BCUT2D eigenvalue weighted by Crippen LogP contribution is -2.29. The summed E-state index contributed by atoms with van der Waals surface area (Å²) in [7, 11) is 1.43. The van der Waals surface area contributed by atoms with Crippen molar-refractivity contribution in [2.45, 2.75) is 25.1 Å². The van der Waals surface area contributed by atoms with Crippen molar-refractivity contribution >= 4 is 11.4 Å². The average Bonchev–Trinajstić information content (AvgIpc) is 2.67. The molecule has 0 aromatic carbocycles. The van der Waals surface area contributed by atoms with Gasteiger partial charge in [-0.15, -0.1) is 0 Å². The summed E-state index contributed by atoms with van der Waals surface area (Å²) in [6.07, 6.45) is -2.69. The van der Waals surface area contributed by atoms with Crippen LogP contribution in [0, 0.1) is 0 Å². The van der Waals surface area contributed by atoms with Crippen molar-refractivity contribution in [1.29, 1.82) is 0 Å². The lowest BCUT2D eigenvalue weighted by molar-refractivity contribution is -0.140. The maximum atomic E-state index is 12.7. The summed E-state index contributed by atoms with van der Waals surface area (Å²) < 4.78 is 38.1. The second-order valence-electron chi connectivity index (χ2n) is 5.01. The first kappa shape index (κ1) is 13.9. The molecule has 4 nitrogen and oxygen atoms in total. The lowest BCUT2D eigenvalue weighted by atomic mass is 10.1. The Morgan fingerprint density at radius 1 is 1.47 bits per heavy atom. The second kappa shape index (κ2) is 4.56. The van der Waals surface area contributed by atoms with E-state index in [1.165, 1.54) is 19.3 Å². The van der Waals surface area contributed by atoms with Gasteiger partial charge in [0.05, 0.1) is 23.2 Å². The summed E-state index contributed by atoms with van der Waals surface area (Å²) >= 11 is 0. The van der Waals surface area contributed by atoms with Crippen molar-refractivity contribution < 1.29 is 18.3 Å². The molecule has 0 spiro atoms. The van der Waals surface area contributed by atoms with Crippen molar-refractivity contribution in [2.75, 3.05) is 30.4 Å². The normalized spacial score (nSPS) is 23.8. The van der Waals surface area contributed by atoms with Gasteiger partial charge >= 0.3 is 6.18 Å². The van der Waals surface area contributed by atoms with E-state index in [1.807, 2.05) is 4.90 Å². The van der Waals surface area contributed by atoms with E-state index in [-0.39, 0.29) is 5.69 Å². The molecule has 1 unspecified atom stereocenters. The molecule has 2 heterocycles. The molecule has 0 amide bonds. The number of aromatic nitrogens is 1. The number of nitrogens with one attached hydrogen (secondary N) is 1. The summed E-state index contributed by atoms with van der Waals surface area (Å²) in [5.74, 6) is 0. The molecule has 1 atom stereocenters. The highest BCUT2D eigenvalue weighted by molar-refractivity contribution is 5.60. The number of rotatable bonds is 2. The molecule has 2 rings (SSSR count). The summed E-state index contributed by atoms with van der Waals surface area (Å²) in [6.45, 7) is 2.70. The van der Waals surface area contributed by atoms with Crippen molar-refractivity contribution in [3.63, 3.8) is 0 Å². The zero-order valence-electron chi connectivity index (χ0n) is 10.8. The van der Waals surface area contributed by atoms with Crippen LogP contribution in [0.2, 0.25) is 0 Å². The molecular weight excluding hydrogens is 259 g/mol. The summed E-state index contributed by atoms with van der Waals surface area (Å²) in [5.41, 5.74) is -1.21. The van der Waals surface area contributed by atoms with Gasteiger partial charge in [-0.2, -0.15) is 13.2 Å². The molecule has 0 radical (unpaired) electrons. The minimum Gasteiger partial charge on any atom is -0.388 e. The summed E-state index contributed by atoms with van der Waals surface area (Å²) in [5, 5.41) is 12.4.